The standard InChI is InChI=1S/C23H22F3NO4/c24-23(25,26)20-11-13(9-10-18(20)21(28)29)27-22(30)31-12-19-16-7-3-1-5-14(16)15-6-2-4-8-17(15)19/h1-8,13,18-20H,9-12H2,(H,27,30)(H,28,29). The number of nitrogens with one attached hydrogen (secondary N) is 1. The summed E-state index contributed by atoms with van der Waals surface area (Å²) >= 11 is 0. The number of amides is 1. The minimum atomic E-state index is -4.63. The van der Waals surface area contributed by atoms with E-state index in [4.69, 9.17) is 9.84 Å². The molecule has 2 N–H and O–H groups in total. The zero-order valence-corrected chi connectivity index (χ0v) is 16.6. The third kappa shape index (κ3) is 4.24. The van der Waals surface area contributed by atoms with Gasteiger partial charge in [0.25, 0.3) is 0 Å². The number of carboxylic acid groups (broad SMARTS) is 1. The van der Waals surface area contributed by atoms with Gasteiger partial charge in [-0.1, -0.05) is 48.5 Å². The van der Waals surface area contributed by atoms with Crippen LogP contribution in [0, 0.1) is 11.8 Å². The molecule has 2 aromatic rings. The van der Waals surface area contributed by atoms with Gasteiger partial charge in [-0.15, -0.1) is 0 Å². The van der Waals surface area contributed by atoms with Crippen LogP contribution >= 0.6 is 0 Å². The van der Waals surface area contributed by atoms with E-state index in [1.165, 1.54) is 0 Å². The SMILES string of the molecule is O=C(NC1CCC(C(=O)O)C(C(F)(F)F)C1)OCC1c2ccccc2-c2ccccc21. The Kier molecular flexibility index (Phi) is 5.64. The first-order chi connectivity index (χ1) is 14.8. The first-order valence-electron chi connectivity index (χ1n) is 10.2. The summed E-state index contributed by atoms with van der Waals surface area (Å²) in [6, 6.07) is 14.9. The summed E-state index contributed by atoms with van der Waals surface area (Å²) in [5.41, 5.74) is 4.23. The predicted octanol–water partition coefficient (Wildman–Crippen LogP) is 4.96. The van der Waals surface area contributed by atoms with Crippen LogP contribution in [-0.2, 0) is 9.53 Å². The quantitative estimate of drug-likeness (QED) is 0.715. The molecule has 4 rings (SSSR count). The van der Waals surface area contributed by atoms with Crippen LogP contribution < -0.4 is 5.32 Å². The van der Waals surface area contributed by atoms with E-state index in [1.807, 2.05) is 48.5 Å². The average molecular weight is 433 g/mol. The molecule has 8 heteroatoms. The number of halogens is 3. The fourth-order valence-electron chi connectivity index (χ4n) is 4.77. The third-order valence-electron chi connectivity index (χ3n) is 6.25. The Balaban J connectivity index is 1.40. The van der Waals surface area contributed by atoms with Gasteiger partial charge in [-0.3, -0.25) is 4.79 Å². The number of alkyl carbamates (subject to hydrolysis) is 1. The van der Waals surface area contributed by atoms with Crippen LogP contribution in [-0.4, -0.2) is 36.0 Å². The highest BCUT2D eigenvalue weighted by Crippen LogP contribution is 2.45. The zero-order chi connectivity index (χ0) is 22.2. The molecule has 164 valence electrons. The van der Waals surface area contributed by atoms with Crippen LogP contribution in [0.2, 0.25) is 0 Å². The van der Waals surface area contributed by atoms with E-state index in [2.05, 4.69) is 5.32 Å². The molecule has 3 unspecified atom stereocenters. The highest BCUT2D eigenvalue weighted by atomic mass is 19.4. The number of carbonyl (C=O) groups excluding carboxylic acids is 1. The third-order valence-corrected chi connectivity index (χ3v) is 6.25. The Labute approximate surface area is 177 Å². The van der Waals surface area contributed by atoms with Crippen molar-refractivity contribution in [3.8, 4) is 11.1 Å². The minimum absolute atomic E-state index is 0.0625. The highest BCUT2D eigenvalue weighted by molar-refractivity contribution is 5.79. The summed E-state index contributed by atoms with van der Waals surface area (Å²) in [6.07, 6.45) is -5.88. The van der Waals surface area contributed by atoms with Crippen molar-refractivity contribution in [1.82, 2.24) is 5.32 Å². The normalized spacial score (nSPS) is 23.0. The van der Waals surface area contributed by atoms with E-state index in [9.17, 15) is 22.8 Å². The summed E-state index contributed by atoms with van der Waals surface area (Å²) in [5, 5.41) is 11.6. The van der Waals surface area contributed by atoms with Crippen molar-refractivity contribution in [3.63, 3.8) is 0 Å². The van der Waals surface area contributed by atoms with E-state index < -0.39 is 42.5 Å². The number of carbonyl (C=O) groups is 2. The Morgan fingerprint density at radius 1 is 1.00 bits per heavy atom. The molecule has 0 aliphatic heterocycles. The Bertz CT molecular complexity index is 945. The lowest BCUT2D eigenvalue weighted by atomic mass is 9.76. The molecule has 0 bridgehead atoms. The van der Waals surface area contributed by atoms with E-state index in [1.54, 1.807) is 0 Å². The first-order valence-corrected chi connectivity index (χ1v) is 10.2. The van der Waals surface area contributed by atoms with Gasteiger partial charge in [0.05, 0.1) is 11.8 Å². The van der Waals surface area contributed by atoms with Crippen molar-refractivity contribution in [2.45, 2.75) is 37.4 Å². The monoisotopic (exact) mass is 433 g/mol. The molecule has 0 radical (unpaired) electrons. The van der Waals surface area contributed by atoms with E-state index in [0.29, 0.717) is 0 Å². The number of carboxylic acids is 1. The Hall–Kier alpha value is -3.03. The summed E-state index contributed by atoms with van der Waals surface area (Å²) in [4.78, 5) is 23.5. The number of hydrogen-bond acceptors (Lipinski definition) is 3. The Morgan fingerprint density at radius 2 is 1.58 bits per heavy atom. The van der Waals surface area contributed by atoms with Crippen LogP contribution in [0.1, 0.15) is 36.3 Å². The molecule has 1 fully saturated rings. The van der Waals surface area contributed by atoms with Gasteiger partial charge in [-0.2, -0.15) is 13.2 Å². The molecule has 0 saturated heterocycles. The molecule has 31 heavy (non-hydrogen) atoms. The van der Waals surface area contributed by atoms with Crippen LogP contribution in [0.5, 0.6) is 0 Å². The van der Waals surface area contributed by atoms with E-state index >= 15 is 0 Å². The fraction of sp³-hybridized carbons (Fsp3) is 0.391. The maximum Gasteiger partial charge on any atom is 0.407 e. The van der Waals surface area contributed by atoms with Crippen molar-refractivity contribution in [2.24, 2.45) is 11.8 Å². The van der Waals surface area contributed by atoms with Crippen molar-refractivity contribution < 1.29 is 32.6 Å². The molecule has 1 amide bonds. The van der Waals surface area contributed by atoms with Gasteiger partial charge in [-0.05, 0) is 41.5 Å². The second-order valence-electron chi connectivity index (χ2n) is 8.07. The number of rotatable bonds is 4. The summed E-state index contributed by atoms with van der Waals surface area (Å²) < 4.78 is 45.3. The Morgan fingerprint density at radius 3 is 2.13 bits per heavy atom. The smallest absolute Gasteiger partial charge is 0.407 e. The lowest BCUT2D eigenvalue weighted by molar-refractivity contribution is -0.204. The number of alkyl halides is 3. The summed E-state index contributed by atoms with van der Waals surface area (Å²) in [5.74, 6) is -5.08. The van der Waals surface area contributed by atoms with Crippen molar-refractivity contribution in [3.05, 3.63) is 59.7 Å². The molecule has 2 aliphatic rings. The molecule has 0 aromatic heterocycles. The first kappa shape index (κ1) is 21.2. The summed E-state index contributed by atoms with van der Waals surface area (Å²) in [7, 11) is 0. The fourth-order valence-corrected chi connectivity index (χ4v) is 4.77. The van der Waals surface area contributed by atoms with E-state index in [0.717, 1.165) is 22.3 Å². The van der Waals surface area contributed by atoms with Crippen LogP contribution in [0.4, 0.5) is 18.0 Å². The molecule has 5 nitrogen and oxygen atoms in total. The predicted molar refractivity (Wildman–Crippen MR) is 107 cm³/mol. The molecule has 1 saturated carbocycles. The van der Waals surface area contributed by atoms with Gasteiger partial charge in [0.15, 0.2) is 0 Å². The second-order valence-corrected chi connectivity index (χ2v) is 8.07. The van der Waals surface area contributed by atoms with Crippen LogP contribution in [0.3, 0.4) is 0 Å². The number of hydrogen-bond donors (Lipinski definition) is 2. The van der Waals surface area contributed by atoms with Gasteiger partial charge < -0.3 is 15.2 Å². The molecule has 2 aromatic carbocycles. The number of benzene rings is 2. The van der Waals surface area contributed by atoms with Gasteiger partial charge in [0, 0.05) is 12.0 Å². The molecule has 0 spiro atoms. The van der Waals surface area contributed by atoms with Crippen LogP contribution in [0.25, 0.3) is 11.1 Å². The van der Waals surface area contributed by atoms with Crippen molar-refractivity contribution >= 4 is 12.1 Å². The largest absolute Gasteiger partial charge is 0.481 e. The minimum Gasteiger partial charge on any atom is -0.481 e. The number of aliphatic carboxylic acids is 1. The van der Waals surface area contributed by atoms with Crippen molar-refractivity contribution in [1.29, 1.82) is 0 Å². The maximum atomic E-state index is 13.3. The molecule has 0 heterocycles. The summed E-state index contributed by atoms with van der Waals surface area (Å²) in [6.45, 7) is 0.0625. The van der Waals surface area contributed by atoms with E-state index in [-0.39, 0.29) is 25.4 Å². The lowest BCUT2D eigenvalue weighted by Gasteiger charge is -2.35. The lowest BCUT2D eigenvalue weighted by Crippen LogP contribution is -2.47. The number of fused-ring (bicyclic) bond motifs is 3. The zero-order valence-electron chi connectivity index (χ0n) is 16.6. The molecule has 3 atom stereocenters. The second kappa shape index (κ2) is 8.24. The maximum absolute atomic E-state index is 13.3. The van der Waals surface area contributed by atoms with Crippen LogP contribution in [0.15, 0.2) is 48.5 Å². The van der Waals surface area contributed by atoms with Gasteiger partial charge in [0.2, 0.25) is 0 Å². The number of ether oxygens (including phenoxy) is 1. The molecular formula is C23H22F3NO4. The highest BCUT2D eigenvalue weighted by Gasteiger charge is 2.50. The van der Waals surface area contributed by atoms with Gasteiger partial charge in [0.1, 0.15) is 6.61 Å². The topological polar surface area (TPSA) is 75.6 Å². The molecular weight excluding hydrogens is 411 g/mol. The average Bonchev–Trinajstić information content (AvgIpc) is 3.05. The van der Waals surface area contributed by atoms with Gasteiger partial charge >= 0.3 is 18.2 Å². The van der Waals surface area contributed by atoms with Crippen molar-refractivity contribution in [2.75, 3.05) is 6.61 Å². The van der Waals surface area contributed by atoms with Gasteiger partial charge in [-0.25, -0.2) is 4.79 Å². The molecule has 2 aliphatic carbocycles.